The quantitative estimate of drug-likeness (QED) is 0.448. The lowest BCUT2D eigenvalue weighted by Crippen LogP contribution is -2.15. The zero-order valence-electron chi connectivity index (χ0n) is 13.3. The fourth-order valence-corrected chi connectivity index (χ4v) is 3.24. The molecule has 0 bridgehead atoms. The van der Waals surface area contributed by atoms with Crippen molar-refractivity contribution in [3.05, 3.63) is 52.2 Å². The van der Waals surface area contributed by atoms with Crippen LogP contribution in [0.15, 0.2) is 51.0 Å². The predicted molar refractivity (Wildman–Crippen MR) is 97.8 cm³/mol. The lowest BCUT2D eigenvalue weighted by atomic mass is 10.1. The number of hydrogen-bond donors (Lipinski definition) is 1. The van der Waals surface area contributed by atoms with E-state index in [1.165, 1.54) is 11.3 Å². The molecule has 0 unspecified atom stereocenters. The Morgan fingerprint density at radius 1 is 1.20 bits per heavy atom. The molecule has 1 aromatic carbocycles. The minimum Gasteiger partial charge on any atom is -0.422 e. The van der Waals surface area contributed by atoms with Gasteiger partial charge < -0.3 is 9.73 Å². The number of nitrogens with zero attached hydrogens (tertiary/aromatic N) is 2. The van der Waals surface area contributed by atoms with E-state index in [0.717, 1.165) is 4.88 Å². The minimum absolute atomic E-state index is 0.180. The number of carbonyl (C=O) groups excluding carboxylic acids is 1. The number of fused-ring (bicyclic) bond motifs is 3. The van der Waals surface area contributed by atoms with Crippen LogP contribution in [-0.4, -0.2) is 15.9 Å². The van der Waals surface area contributed by atoms with Gasteiger partial charge in [0.2, 0.25) is 5.91 Å². The van der Waals surface area contributed by atoms with Gasteiger partial charge in [0.15, 0.2) is 11.6 Å². The van der Waals surface area contributed by atoms with E-state index < -0.39 is 5.63 Å². The number of anilines is 1. The molecule has 6 nitrogen and oxygen atoms in total. The zero-order valence-corrected chi connectivity index (χ0v) is 14.1. The van der Waals surface area contributed by atoms with Gasteiger partial charge in [-0.15, -0.1) is 11.3 Å². The molecule has 0 radical (unpaired) electrons. The number of hydrogen-bond acceptors (Lipinski definition) is 6. The van der Waals surface area contributed by atoms with E-state index >= 15 is 0 Å². The maximum Gasteiger partial charge on any atom is 0.349 e. The number of nitrogens with one attached hydrogen (secondary N) is 1. The Kier molecular flexibility index (Phi) is 3.77. The molecular formula is C18H13N3O3S. The first-order valence-electron chi connectivity index (χ1n) is 7.74. The van der Waals surface area contributed by atoms with Crippen LogP contribution < -0.4 is 10.9 Å². The Labute approximate surface area is 146 Å². The first-order chi connectivity index (χ1) is 12.2. The van der Waals surface area contributed by atoms with Crippen molar-refractivity contribution in [1.82, 2.24) is 9.97 Å². The summed E-state index contributed by atoms with van der Waals surface area (Å²) in [6, 6.07) is 11.0. The summed E-state index contributed by atoms with van der Waals surface area (Å²) < 4.78 is 5.38. The second kappa shape index (κ2) is 6.10. The van der Waals surface area contributed by atoms with E-state index in [4.69, 9.17) is 4.42 Å². The van der Waals surface area contributed by atoms with E-state index in [9.17, 15) is 9.59 Å². The van der Waals surface area contributed by atoms with Crippen LogP contribution in [0, 0.1) is 0 Å². The summed E-state index contributed by atoms with van der Waals surface area (Å²) in [5, 5.41) is 5.50. The van der Waals surface area contributed by atoms with Crippen molar-refractivity contribution < 1.29 is 9.21 Å². The van der Waals surface area contributed by atoms with E-state index in [1.807, 2.05) is 29.6 Å². The molecule has 0 saturated carbocycles. The molecule has 7 heteroatoms. The third-order valence-corrected chi connectivity index (χ3v) is 4.64. The van der Waals surface area contributed by atoms with Crippen molar-refractivity contribution in [1.29, 1.82) is 0 Å². The zero-order chi connectivity index (χ0) is 17.4. The smallest absolute Gasteiger partial charge is 0.349 e. The van der Waals surface area contributed by atoms with Gasteiger partial charge in [-0.2, -0.15) is 0 Å². The molecule has 0 aliphatic heterocycles. The van der Waals surface area contributed by atoms with Gasteiger partial charge in [-0.25, -0.2) is 14.8 Å². The molecule has 0 atom stereocenters. The molecule has 0 spiro atoms. The van der Waals surface area contributed by atoms with Crippen LogP contribution in [0.3, 0.4) is 0 Å². The highest BCUT2D eigenvalue weighted by Crippen LogP contribution is 2.29. The fourth-order valence-electron chi connectivity index (χ4n) is 2.58. The fraction of sp³-hybridized carbons (Fsp3) is 0.111. The van der Waals surface area contributed by atoms with Crippen LogP contribution in [0.25, 0.3) is 32.6 Å². The van der Waals surface area contributed by atoms with Gasteiger partial charge in [-0.05, 0) is 23.6 Å². The van der Waals surface area contributed by atoms with Crippen LogP contribution in [0.4, 0.5) is 5.82 Å². The monoisotopic (exact) mass is 351 g/mol. The predicted octanol–water partition coefficient (Wildman–Crippen LogP) is 3.81. The number of rotatable bonds is 3. The minimum atomic E-state index is -0.571. The average molecular weight is 351 g/mol. The summed E-state index contributed by atoms with van der Waals surface area (Å²) in [6.07, 6.45) is 0.277. The normalized spacial score (nSPS) is 11.1. The van der Waals surface area contributed by atoms with Gasteiger partial charge in [0.25, 0.3) is 0 Å². The standard InChI is InChI=1S/C18H13N3O3S/c1-2-13(22)19-17-14-15(20-16(21-17)12-8-5-9-25-12)10-6-3-4-7-11(10)24-18(14)23/h3-9H,2H2,1H3,(H,19,20,21,22). The summed E-state index contributed by atoms with van der Waals surface area (Å²) >= 11 is 1.49. The van der Waals surface area contributed by atoms with Crippen molar-refractivity contribution in [2.45, 2.75) is 13.3 Å². The Balaban J connectivity index is 2.11. The highest BCUT2D eigenvalue weighted by atomic mass is 32.1. The Hall–Kier alpha value is -3.06. The van der Waals surface area contributed by atoms with Crippen molar-refractivity contribution in [3.8, 4) is 10.7 Å². The molecule has 3 aromatic heterocycles. The first kappa shape index (κ1) is 15.5. The second-order valence-corrected chi connectivity index (χ2v) is 6.33. The Morgan fingerprint density at radius 3 is 2.80 bits per heavy atom. The van der Waals surface area contributed by atoms with E-state index in [1.54, 1.807) is 19.1 Å². The molecule has 4 aromatic rings. The van der Waals surface area contributed by atoms with Crippen molar-refractivity contribution in [2.24, 2.45) is 0 Å². The average Bonchev–Trinajstić information content (AvgIpc) is 3.16. The Morgan fingerprint density at radius 2 is 2.04 bits per heavy atom. The number of benzene rings is 1. The number of amides is 1. The highest BCUT2D eigenvalue weighted by molar-refractivity contribution is 7.13. The van der Waals surface area contributed by atoms with Crippen LogP contribution in [0.2, 0.25) is 0 Å². The summed E-state index contributed by atoms with van der Waals surface area (Å²) in [5.41, 5.74) is 0.345. The van der Waals surface area contributed by atoms with Crippen molar-refractivity contribution in [2.75, 3.05) is 5.32 Å². The summed E-state index contributed by atoms with van der Waals surface area (Å²) in [5.74, 6) is 0.411. The maximum atomic E-state index is 12.5. The largest absolute Gasteiger partial charge is 0.422 e. The molecule has 0 aliphatic carbocycles. The summed E-state index contributed by atoms with van der Waals surface area (Å²) in [4.78, 5) is 34.2. The van der Waals surface area contributed by atoms with Crippen LogP contribution >= 0.6 is 11.3 Å². The van der Waals surface area contributed by atoms with Crippen molar-refractivity contribution in [3.63, 3.8) is 0 Å². The van der Waals surface area contributed by atoms with Gasteiger partial charge in [0.1, 0.15) is 11.0 Å². The molecule has 0 aliphatic rings. The van der Waals surface area contributed by atoms with Gasteiger partial charge in [-0.3, -0.25) is 4.79 Å². The summed E-state index contributed by atoms with van der Waals surface area (Å²) in [6.45, 7) is 1.73. The molecule has 4 rings (SSSR count). The maximum absolute atomic E-state index is 12.5. The SMILES string of the molecule is CCC(=O)Nc1nc(-c2cccs2)nc2c1c(=O)oc1ccccc12. The number of aromatic nitrogens is 2. The van der Waals surface area contributed by atoms with Gasteiger partial charge in [-0.1, -0.05) is 25.1 Å². The molecule has 0 fully saturated rings. The molecule has 1 amide bonds. The third-order valence-electron chi connectivity index (χ3n) is 3.78. The van der Waals surface area contributed by atoms with E-state index in [-0.39, 0.29) is 23.5 Å². The van der Waals surface area contributed by atoms with Crippen molar-refractivity contribution >= 4 is 44.9 Å². The Bertz CT molecular complexity index is 1150. The van der Waals surface area contributed by atoms with Gasteiger partial charge in [0.05, 0.1) is 10.4 Å². The molecule has 0 saturated heterocycles. The molecule has 1 N–H and O–H groups in total. The number of para-hydroxylation sites is 1. The van der Waals surface area contributed by atoms with Crippen LogP contribution in [0.1, 0.15) is 13.3 Å². The topological polar surface area (TPSA) is 85.1 Å². The first-order valence-corrected chi connectivity index (χ1v) is 8.62. The van der Waals surface area contributed by atoms with Gasteiger partial charge >= 0.3 is 5.63 Å². The number of thiophene rings is 1. The van der Waals surface area contributed by atoms with E-state index in [2.05, 4.69) is 15.3 Å². The second-order valence-electron chi connectivity index (χ2n) is 5.38. The van der Waals surface area contributed by atoms with Crippen LogP contribution in [-0.2, 0) is 4.79 Å². The number of carbonyl (C=O) groups is 1. The highest BCUT2D eigenvalue weighted by Gasteiger charge is 2.18. The van der Waals surface area contributed by atoms with E-state index in [0.29, 0.717) is 22.3 Å². The third kappa shape index (κ3) is 2.68. The lowest BCUT2D eigenvalue weighted by Gasteiger charge is -2.09. The summed E-state index contributed by atoms with van der Waals surface area (Å²) in [7, 11) is 0. The van der Waals surface area contributed by atoms with Crippen LogP contribution in [0.5, 0.6) is 0 Å². The lowest BCUT2D eigenvalue weighted by molar-refractivity contribution is -0.115. The molecule has 3 heterocycles. The molecule has 25 heavy (non-hydrogen) atoms. The molecular weight excluding hydrogens is 338 g/mol. The van der Waals surface area contributed by atoms with Gasteiger partial charge in [0, 0.05) is 11.8 Å². The molecule has 124 valence electrons.